The van der Waals surface area contributed by atoms with Crippen molar-refractivity contribution in [3.63, 3.8) is 0 Å². The van der Waals surface area contributed by atoms with E-state index in [2.05, 4.69) is 10.4 Å². The van der Waals surface area contributed by atoms with Gasteiger partial charge in [0.15, 0.2) is 0 Å². The van der Waals surface area contributed by atoms with Crippen molar-refractivity contribution in [3.8, 4) is 5.69 Å². The number of aromatic nitrogens is 2. The number of hydrogen-bond donors (Lipinski definition) is 2. The molecular formula is C18H23N3O2. The molecule has 0 aliphatic heterocycles. The van der Waals surface area contributed by atoms with E-state index in [1.54, 1.807) is 17.1 Å². The second kappa shape index (κ2) is 6.96. The number of para-hydroxylation sites is 1. The van der Waals surface area contributed by atoms with E-state index in [9.17, 15) is 9.90 Å². The number of amides is 1. The summed E-state index contributed by atoms with van der Waals surface area (Å²) in [5.41, 5.74) is 2.64. The Hall–Kier alpha value is -2.14. The van der Waals surface area contributed by atoms with Gasteiger partial charge in [-0.05, 0) is 43.7 Å². The summed E-state index contributed by atoms with van der Waals surface area (Å²) in [6.45, 7) is 2.64. The van der Waals surface area contributed by atoms with Crippen molar-refractivity contribution in [3.05, 3.63) is 47.8 Å². The number of benzene rings is 1. The van der Waals surface area contributed by atoms with Gasteiger partial charge in [-0.25, -0.2) is 4.68 Å². The zero-order valence-electron chi connectivity index (χ0n) is 13.4. The first-order valence-corrected chi connectivity index (χ1v) is 8.20. The number of aliphatic hydroxyl groups excluding tert-OH is 1. The molecule has 2 aromatic rings. The largest absolute Gasteiger partial charge is 0.393 e. The van der Waals surface area contributed by atoms with Crippen LogP contribution in [0.5, 0.6) is 0 Å². The van der Waals surface area contributed by atoms with Crippen LogP contribution in [0, 0.1) is 12.8 Å². The summed E-state index contributed by atoms with van der Waals surface area (Å²) in [4.78, 5) is 12.3. The minimum atomic E-state index is -0.213. The standard InChI is InChI=1S/C18H23N3O2/c1-13-5-2-3-8-17(13)21-12-15(11-20-21)18(23)19-10-14-6-4-7-16(22)9-14/h2-3,5,8,11-12,14,16,22H,4,6-7,9-10H2,1H3,(H,19,23). The van der Waals surface area contributed by atoms with Gasteiger partial charge in [0, 0.05) is 12.7 Å². The van der Waals surface area contributed by atoms with Crippen LogP contribution in [-0.4, -0.2) is 33.4 Å². The minimum absolute atomic E-state index is 0.107. The minimum Gasteiger partial charge on any atom is -0.393 e. The molecule has 0 radical (unpaired) electrons. The molecule has 1 aliphatic carbocycles. The highest BCUT2D eigenvalue weighted by atomic mass is 16.3. The summed E-state index contributed by atoms with van der Waals surface area (Å²) in [6, 6.07) is 7.94. The first-order chi connectivity index (χ1) is 11.1. The average molecular weight is 313 g/mol. The first kappa shape index (κ1) is 15.7. The van der Waals surface area contributed by atoms with Crippen LogP contribution in [0.4, 0.5) is 0 Å². The third kappa shape index (κ3) is 3.79. The van der Waals surface area contributed by atoms with Crippen LogP contribution in [0.1, 0.15) is 41.6 Å². The van der Waals surface area contributed by atoms with Gasteiger partial charge in [-0.2, -0.15) is 5.10 Å². The predicted octanol–water partition coefficient (Wildman–Crippen LogP) is 2.46. The van der Waals surface area contributed by atoms with Crippen molar-refractivity contribution < 1.29 is 9.90 Å². The topological polar surface area (TPSA) is 67.2 Å². The fourth-order valence-corrected chi connectivity index (χ4v) is 3.18. The van der Waals surface area contributed by atoms with Crippen molar-refractivity contribution in [2.24, 2.45) is 5.92 Å². The van der Waals surface area contributed by atoms with Crippen molar-refractivity contribution >= 4 is 5.91 Å². The van der Waals surface area contributed by atoms with Crippen LogP contribution in [0.15, 0.2) is 36.7 Å². The third-order valence-electron chi connectivity index (χ3n) is 4.51. The zero-order valence-corrected chi connectivity index (χ0v) is 13.4. The number of rotatable bonds is 4. The van der Waals surface area contributed by atoms with Gasteiger partial charge in [0.1, 0.15) is 0 Å². The summed E-state index contributed by atoms with van der Waals surface area (Å²) in [5, 5.41) is 16.9. The first-order valence-electron chi connectivity index (χ1n) is 8.20. The van der Waals surface area contributed by atoms with Crippen LogP contribution in [0.25, 0.3) is 5.69 Å². The van der Waals surface area contributed by atoms with Gasteiger partial charge >= 0.3 is 0 Å². The molecule has 1 fully saturated rings. The normalized spacial score (nSPS) is 21.1. The van der Waals surface area contributed by atoms with E-state index in [0.29, 0.717) is 18.0 Å². The molecule has 23 heavy (non-hydrogen) atoms. The van der Waals surface area contributed by atoms with Gasteiger partial charge in [-0.1, -0.05) is 24.6 Å². The number of nitrogens with zero attached hydrogens (tertiary/aromatic N) is 2. The van der Waals surface area contributed by atoms with E-state index >= 15 is 0 Å². The van der Waals surface area contributed by atoms with E-state index in [1.165, 1.54) is 0 Å². The highest BCUT2D eigenvalue weighted by Gasteiger charge is 2.21. The van der Waals surface area contributed by atoms with Crippen molar-refractivity contribution in [2.75, 3.05) is 6.54 Å². The molecule has 1 aromatic carbocycles. The molecule has 1 heterocycles. The molecule has 5 heteroatoms. The van der Waals surface area contributed by atoms with E-state index in [4.69, 9.17) is 0 Å². The number of aliphatic hydroxyl groups is 1. The quantitative estimate of drug-likeness (QED) is 0.911. The fourth-order valence-electron chi connectivity index (χ4n) is 3.18. The Balaban J connectivity index is 1.61. The molecule has 1 aliphatic rings. The van der Waals surface area contributed by atoms with E-state index < -0.39 is 0 Å². The lowest BCUT2D eigenvalue weighted by Crippen LogP contribution is -2.32. The summed E-state index contributed by atoms with van der Waals surface area (Å²) < 4.78 is 1.73. The SMILES string of the molecule is Cc1ccccc1-n1cc(C(=O)NCC2CCCC(O)C2)cn1. The Morgan fingerprint density at radius 2 is 2.22 bits per heavy atom. The maximum absolute atomic E-state index is 12.3. The van der Waals surface area contributed by atoms with Crippen molar-refractivity contribution in [1.29, 1.82) is 0 Å². The van der Waals surface area contributed by atoms with Gasteiger partial charge < -0.3 is 10.4 Å². The Labute approximate surface area is 136 Å². The lowest BCUT2D eigenvalue weighted by atomic mass is 9.87. The van der Waals surface area contributed by atoms with Crippen LogP contribution in [-0.2, 0) is 0 Å². The van der Waals surface area contributed by atoms with Crippen molar-refractivity contribution in [2.45, 2.75) is 38.7 Å². The molecular weight excluding hydrogens is 290 g/mol. The second-order valence-corrected chi connectivity index (χ2v) is 6.36. The zero-order chi connectivity index (χ0) is 16.2. The van der Waals surface area contributed by atoms with Crippen LogP contribution in [0.3, 0.4) is 0 Å². The molecule has 0 spiro atoms. The molecule has 1 saturated carbocycles. The predicted molar refractivity (Wildman–Crippen MR) is 88.6 cm³/mol. The number of aryl methyl sites for hydroxylation is 1. The number of carbonyl (C=O) groups is 1. The number of hydrogen-bond acceptors (Lipinski definition) is 3. The molecule has 122 valence electrons. The molecule has 1 aromatic heterocycles. The lowest BCUT2D eigenvalue weighted by molar-refractivity contribution is 0.0874. The average Bonchev–Trinajstić information content (AvgIpc) is 3.03. The lowest BCUT2D eigenvalue weighted by Gasteiger charge is -2.25. The third-order valence-corrected chi connectivity index (χ3v) is 4.51. The summed E-state index contributed by atoms with van der Waals surface area (Å²) in [6.07, 6.45) is 6.91. The summed E-state index contributed by atoms with van der Waals surface area (Å²) in [7, 11) is 0. The Morgan fingerprint density at radius 3 is 3.00 bits per heavy atom. The smallest absolute Gasteiger partial charge is 0.254 e. The molecule has 3 rings (SSSR count). The van der Waals surface area contributed by atoms with Gasteiger partial charge in [-0.15, -0.1) is 0 Å². The van der Waals surface area contributed by atoms with Crippen LogP contribution >= 0.6 is 0 Å². The Kier molecular flexibility index (Phi) is 4.76. The Morgan fingerprint density at radius 1 is 1.39 bits per heavy atom. The highest BCUT2D eigenvalue weighted by Crippen LogP contribution is 2.23. The summed E-state index contributed by atoms with van der Waals surface area (Å²) in [5.74, 6) is 0.263. The fraction of sp³-hybridized carbons (Fsp3) is 0.444. The molecule has 2 N–H and O–H groups in total. The van der Waals surface area contributed by atoms with E-state index in [0.717, 1.165) is 36.9 Å². The molecule has 2 unspecified atom stereocenters. The van der Waals surface area contributed by atoms with E-state index in [1.807, 2.05) is 31.2 Å². The van der Waals surface area contributed by atoms with Crippen molar-refractivity contribution in [1.82, 2.24) is 15.1 Å². The maximum Gasteiger partial charge on any atom is 0.254 e. The maximum atomic E-state index is 12.3. The molecule has 0 bridgehead atoms. The van der Waals surface area contributed by atoms with Gasteiger partial charge in [0.2, 0.25) is 0 Å². The highest BCUT2D eigenvalue weighted by molar-refractivity contribution is 5.93. The van der Waals surface area contributed by atoms with Gasteiger partial charge in [-0.3, -0.25) is 4.79 Å². The second-order valence-electron chi connectivity index (χ2n) is 6.36. The summed E-state index contributed by atoms with van der Waals surface area (Å²) >= 11 is 0. The molecule has 2 atom stereocenters. The number of carbonyl (C=O) groups excluding carboxylic acids is 1. The van der Waals surface area contributed by atoms with E-state index in [-0.39, 0.29) is 12.0 Å². The van der Waals surface area contributed by atoms with Gasteiger partial charge in [0.05, 0.1) is 23.6 Å². The van der Waals surface area contributed by atoms with Gasteiger partial charge in [0.25, 0.3) is 5.91 Å². The number of nitrogens with one attached hydrogen (secondary N) is 1. The molecule has 0 saturated heterocycles. The monoisotopic (exact) mass is 313 g/mol. The molecule has 5 nitrogen and oxygen atoms in total. The molecule has 1 amide bonds. The Bertz CT molecular complexity index is 680. The van der Waals surface area contributed by atoms with Crippen LogP contribution < -0.4 is 5.32 Å². The van der Waals surface area contributed by atoms with Crippen LogP contribution in [0.2, 0.25) is 0 Å².